The highest BCUT2D eigenvalue weighted by Gasteiger charge is 2.16. The number of ether oxygens (including phenoxy) is 1. The summed E-state index contributed by atoms with van der Waals surface area (Å²) < 4.78 is 7.83. The van der Waals surface area contributed by atoms with E-state index >= 15 is 0 Å². The van der Waals surface area contributed by atoms with Crippen LogP contribution in [0.15, 0.2) is 48.5 Å². The second-order valence-electron chi connectivity index (χ2n) is 8.04. The van der Waals surface area contributed by atoms with Crippen molar-refractivity contribution in [2.24, 2.45) is 0 Å². The zero-order valence-corrected chi connectivity index (χ0v) is 17.6. The molecule has 4 rings (SSSR count). The van der Waals surface area contributed by atoms with Crippen molar-refractivity contribution < 1.29 is 9.53 Å². The van der Waals surface area contributed by atoms with Gasteiger partial charge in [-0.05, 0) is 48.6 Å². The van der Waals surface area contributed by atoms with Crippen molar-refractivity contribution in [2.45, 2.75) is 52.0 Å². The Hall–Kier alpha value is -3.15. The van der Waals surface area contributed by atoms with Gasteiger partial charge in [-0.25, -0.2) is 0 Å². The monoisotopic (exact) mass is 404 g/mol. The molecule has 0 saturated heterocycles. The van der Waals surface area contributed by atoms with Crippen LogP contribution in [0.4, 0.5) is 5.69 Å². The summed E-state index contributed by atoms with van der Waals surface area (Å²) in [6, 6.07) is 15.6. The molecule has 1 aromatic heterocycles. The van der Waals surface area contributed by atoms with Gasteiger partial charge in [-0.2, -0.15) is 0 Å². The molecule has 6 heteroatoms. The van der Waals surface area contributed by atoms with E-state index in [-0.39, 0.29) is 12.5 Å². The molecular weight excluding hydrogens is 376 g/mol. The van der Waals surface area contributed by atoms with Crippen molar-refractivity contribution in [2.75, 3.05) is 11.9 Å². The molecule has 30 heavy (non-hydrogen) atoms. The number of nitrogens with zero attached hydrogens (tertiary/aromatic N) is 3. The first kappa shape index (κ1) is 20.1. The summed E-state index contributed by atoms with van der Waals surface area (Å²) in [5.74, 6) is 2.88. The van der Waals surface area contributed by atoms with Crippen LogP contribution in [0.1, 0.15) is 50.4 Å². The second-order valence-corrected chi connectivity index (χ2v) is 8.04. The van der Waals surface area contributed by atoms with E-state index in [4.69, 9.17) is 4.74 Å². The molecule has 0 saturated carbocycles. The summed E-state index contributed by atoms with van der Waals surface area (Å²) in [7, 11) is 0. The van der Waals surface area contributed by atoms with E-state index in [1.165, 1.54) is 12.0 Å². The van der Waals surface area contributed by atoms with Crippen molar-refractivity contribution in [3.8, 4) is 17.1 Å². The lowest BCUT2D eigenvalue weighted by molar-refractivity contribution is -0.118. The maximum atomic E-state index is 12.4. The zero-order valence-electron chi connectivity index (χ0n) is 17.6. The normalized spacial score (nSPS) is 13.6. The maximum Gasteiger partial charge on any atom is 0.262 e. The third-order valence-electron chi connectivity index (χ3n) is 5.43. The average molecular weight is 405 g/mol. The van der Waals surface area contributed by atoms with Crippen LogP contribution < -0.4 is 10.1 Å². The molecule has 156 valence electrons. The molecule has 1 amide bonds. The minimum absolute atomic E-state index is 0.0361. The Morgan fingerprint density at radius 3 is 2.73 bits per heavy atom. The van der Waals surface area contributed by atoms with Crippen LogP contribution in [-0.4, -0.2) is 27.3 Å². The number of fused-ring (bicyclic) bond motifs is 1. The number of aryl methyl sites for hydroxylation is 1. The summed E-state index contributed by atoms with van der Waals surface area (Å²) in [6.45, 7) is 5.20. The molecule has 0 bridgehead atoms. The molecule has 1 aliphatic heterocycles. The Kier molecular flexibility index (Phi) is 6.12. The van der Waals surface area contributed by atoms with Gasteiger partial charge >= 0.3 is 0 Å². The highest BCUT2D eigenvalue weighted by atomic mass is 16.5. The molecule has 0 fully saturated rings. The van der Waals surface area contributed by atoms with Crippen molar-refractivity contribution in [1.82, 2.24) is 14.8 Å². The third-order valence-corrected chi connectivity index (χ3v) is 5.43. The van der Waals surface area contributed by atoms with Crippen LogP contribution in [0.5, 0.6) is 5.75 Å². The summed E-state index contributed by atoms with van der Waals surface area (Å²) in [5.41, 5.74) is 2.93. The minimum atomic E-state index is -0.194. The van der Waals surface area contributed by atoms with E-state index in [1.54, 1.807) is 0 Å². The van der Waals surface area contributed by atoms with Crippen molar-refractivity contribution in [3.63, 3.8) is 0 Å². The topological polar surface area (TPSA) is 69.0 Å². The highest BCUT2D eigenvalue weighted by Crippen LogP contribution is 2.25. The molecule has 3 aromatic rings. The van der Waals surface area contributed by atoms with Crippen LogP contribution >= 0.6 is 0 Å². The van der Waals surface area contributed by atoms with Crippen molar-refractivity contribution >= 4 is 11.6 Å². The fourth-order valence-corrected chi connectivity index (χ4v) is 3.73. The van der Waals surface area contributed by atoms with Gasteiger partial charge in [0.1, 0.15) is 11.6 Å². The quantitative estimate of drug-likeness (QED) is 0.640. The number of carbonyl (C=O) groups is 1. The summed E-state index contributed by atoms with van der Waals surface area (Å²) >= 11 is 0. The number of benzene rings is 2. The van der Waals surface area contributed by atoms with E-state index in [9.17, 15) is 4.79 Å². The van der Waals surface area contributed by atoms with E-state index in [0.717, 1.165) is 48.7 Å². The molecule has 0 aliphatic carbocycles. The van der Waals surface area contributed by atoms with E-state index in [0.29, 0.717) is 11.7 Å². The Balaban J connectivity index is 1.39. The van der Waals surface area contributed by atoms with Gasteiger partial charge in [0.2, 0.25) is 0 Å². The van der Waals surface area contributed by atoms with Gasteiger partial charge in [-0.15, -0.1) is 10.2 Å². The molecule has 0 atom stereocenters. The number of hydrogen-bond acceptors (Lipinski definition) is 4. The maximum absolute atomic E-state index is 12.4. The Labute approximate surface area is 177 Å². The van der Waals surface area contributed by atoms with Crippen LogP contribution in [-0.2, 0) is 17.8 Å². The number of aromatic nitrogens is 3. The minimum Gasteiger partial charge on any atom is -0.484 e. The molecule has 0 radical (unpaired) electrons. The highest BCUT2D eigenvalue weighted by molar-refractivity contribution is 5.92. The van der Waals surface area contributed by atoms with Crippen LogP contribution in [0, 0.1) is 0 Å². The number of carbonyl (C=O) groups excluding carboxylic acids is 1. The molecule has 1 N–H and O–H groups in total. The number of rotatable bonds is 6. The standard InChI is InChI=1S/C24H28N4O2/c1-17(2)18-10-12-21(13-11-18)30-16-23(29)25-20-8-6-7-19(15-20)24-27-26-22-9-4-3-5-14-28(22)24/h6-8,10-13,15,17H,3-5,9,14,16H2,1-2H3,(H,25,29). The second kappa shape index (κ2) is 9.11. The Morgan fingerprint density at radius 1 is 1.10 bits per heavy atom. The Bertz CT molecular complexity index is 1010. The van der Waals surface area contributed by atoms with E-state index in [1.807, 2.05) is 48.5 Å². The van der Waals surface area contributed by atoms with E-state index in [2.05, 4.69) is 33.9 Å². The number of hydrogen-bond donors (Lipinski definition) is 1. The molecule has 0 spiro atoms. The fraction of sp³-hybridized carbons (Fsp3) is 0.375. The van der Waals surface area contributed by atoms with Crippen LogP contribution in [0.3, 0.4) is 0 Å². The first-order chi connectivity index (χ1) is 14.6. The van der Waals surface area contributed by atoms with Gasteiger partial charge in [0.15, 0.2) is 12.4 Å². The predicted octanol–water partition coefficient (Wildman–Crippen LogP) is 4.81. The number of nitrogens with one attached hydrogen (secondary N) is 1. The van der Waals surface area contributed by atoms with Gasteiger partial charge in [0.05, 0.1) is 0 Å². The first-order valence-corrected chi connectivity index (χ1v) is 10.7. The predicted molar refractivity (Wildman–Crippen MR) is 118 cm³/mol. The third kappa shape index (κ3) is 4.70. The fourth-order valence-electron chi connectivity index (χ4n) is 3.73. The van der Waals surface area contributed by atoms with Gasteiger partial charge < -0.3 is 14.6 Å². The molecule has 0 unspecified atom stereocenters. The molecule has 2 heterocycles. The SMILES string of the molecule is CC(C)c1ccc(OCC(=O)Nc2cccc(-c3nnc4n3CCCCC4)c2)cc1. The summed E-state index contributed by atoms with van der Waals surface area (Å²) in [5, 5.41) is 11.7. The summed E-state index contributed by atoms with van der Waals surface area (Å²) in [6.07, 6.45) is 4.50. The Morgan fingerprint density at radius 2 is 1.93 bits per heavy atom. The largest absolute Gasteiger partial charge is 0.484 e. The lowest BCUT2D eigenvalue weighted by atomic mass is 10.0. The van der Waals surface area contributed by atoms with Gasteiger partial charge in [0, 0.05) is 24.2 Å². The van der Waals surface area contributed by atoms with Gasteiger partial charge in [-0.1, -0.05) is 44.5 Å². The smallest absolute Gasteiger partial charge is 0.262 e. The number of anilines is 1. The van der Waals surface area contributed by atoms with E-state index < -0.39 is 0 Å². The van der Waals surface area contributed by atoms with Crippen molar-refractivity contribution in [3.05, 3.63) is 59.9 Å². The summed E-state index contributed by atoms with van der Waals surface area (Å²) in [4.78, 5) is 12.4. The first-order valence-electron chi connectivity index (χ1n) is 10.7. The molecular formula is C24H28N4O2. The average Bonchev–Trinajstić information content (AvgIpc) is 3.01. The lowest BCUT2D eigenvalue weighted by Crippen LogP contribution is -2.20. The lowest BCUT2D eigenvalue weighted by Gasteiger charge is -2.11. The van der Waals surface area contributed by atoms with Crippen LogP contribution in [0.2, 0.25) is 0 Å². The van der Waals surface area contributed by atoms with Gasteiger partial charge in [-0.3, -0.25) is 4.79 Å². The molecule has 6 nitrogen and oxygen atoms in total. The molecule has 1 aliphatic rings. The van der Waals surface area contributed by atoms with Gasteiger partial charge in [0.25, 0.3) is 5.91 Å². The molecule has 2 aromatic carbocycles. The zero-order chi connectivity index (χ0) is 20.9. The number of amides is 1. The van der Waals surface area contributed by atoms with Crippen molar-refractivity contribution in [1.29, 1.82) is 0 Å². The van der Waals surface area contributed by atoms with Crippen LogP contribution in [0.25, 0.3) is 11.4 Å².